The van der Waals surface area contributed by atoms with Gasteiger partial charge in [-0.1, -0.05) is 29.8 Å². The van der Waals surface area contributed by atoms with Crippen LogP contribution in [0.1, 0.15) is 18.5 Å². The second-order valence-corrected chi connectivity index (χ2v) is 6.75. The maximum absolute atomic E-state index is 13.0. The number of fused-ring (bicyclic) bond motifs is 1. The van der Waals surface area contributed by atoms with Crippen LogP contribution in [-0.2, 0) is 4.79 Å². The summed E-state index contributed by atoms with van der Waals surface area (Å²) >= 11 is 6.30. The number of hydrogen-bond donors (Lipinski definition) is 3. The number of nitrogens with one attached hydrogen (secondary N) is 3. The first-order valence-corrected chi connectivity index (χ1v) is 8.75. The van der Waals surface area contributed by atoms with Crippen LogP contribution in [-0.4, -0.2) is 27.8 Å². The first kappa shape index (κ1) is 17.2. The molecule has 27 heavy (non-hydrogen) atoms. The minimum atomic E-state index is -0.678. The summed E-state index contributed by atoms with van der Waals surface area (Å²) in [5.41, 5.74) is 2.62. The Labute approximate surface area is 159 Å². The van der Waals surface area contributed by atoms with E-state index in [4.69, 9.17) is 11.6 Å². The number of nitrogens with zero attached hydrogens (tertiary/aromatic N) is 2. The summed E-state index contributed by atoms with van der Waals surface area (Å²) in [7, 11) is 0. The maximum Gasteiger partial charge on any atom is 0.341 e. The van der Waals surface area contributed by atoms with Crippen molar-refractivity contribution in [3.05, 3.63) is 59.2 Å². The Kier molecular flexibility index (Phi) is 4.37. The quantitative estimate of drug-likeness (QED) is 0.645. The number of halogens is 1. The average molecular weight is 382 g/mol. The average Bonchev–Trinajstić information content (AvgIpc) is 3.09. The Morgan fingerprint density at radius 1 is 1.22 bits per heavy atom. The van der Waals surface area contributed by atoms with Gasteiger partial charge in [-0.3, -0.25) is 9.89 Å². The van der Waals surface area contributed by atoms with Crippen molar-refractivity contribution < 1.29 is 9.59 Å². The molecular weight excluding hydrogens is 366 g/mol. The highest BCUT2D eigenvalue weighted by Crippen LogP contribution is 2.32. The normalized spacial score (nSPS) is 19.5. The van der Waals surface area contributed by atoms with Crippen molar-refractivity contribution in [3.63, 3.8) is 0 Å². The van der Waals surface area contributed by atoms with E-state index < -0.39 is 18.0 Å². The number of H-pyrrole nitrogens is 1. The van der Waals surface area contributed by atoms with Crippen LogP contribution >= 0.6 is 11.6 Å². The number of carbonyl (C=O) groups is 2. The zero-order valence-electron chi connectivity index (χ0n) is 14.4. The molecule has 3 amide bonds. The molecule has 3 N–H and O–H groups in total. The number of carbonyl (C=O) groups excluding carboxylic acids is 2. The highest BCUT2D eigenvalue weighted by molar-refractivity contribution is 6.31. The van der Waals surface area contributed by atoms with E-state index in [1.165, 1.54) is 0 Å². The van der Waals surface area contributed by atoms with Crippen LogP contribution in [0.3, 0.4) is 0 Å². The number of aliphatic imine (C=N–C) groups is 1. The lowest BCUT2D eigenvalue weighted by Gasteiger charge is -2.30. The number of anilines is 1. The van der Waals surface area contributed by atoms with Gasteiger partial charge in [0, 0.05) is 21.8 Å². The molecule has 0 bridgehead atoms. The van der Waals surface area contributed by atoms with Gasteiger partial charge in [0.15, 0.2) is 0 Å². The Hall–Kier alpha value is -3.19. The number of hydrogen-bond acceptors (Lipinski definition) is 3. The number of benzene rings is 2. The second-order valence-electron chi connectivity index (χ2n) is 6.34. The predicted molar refractivity (Wildman–Crippen MR) is 104 cm³/mol. The maximum atomic E-state index is 13.0. The van der Waals surface area contributed by atoms with Crippen molar-refractivity contribution in [1.29, 1.82) is 0 Å². The first-order chi connectivity index (χ1) is 13.0. The number of amides is 3. The minimum Gasteiger partial charge on any atom is -0.328 e. The molecule has 2 heterocycles. The first-order valence-electron chi connectivity index (χ1n) is 8.37. The molecule has 0 fully saturated rings. The van der Waals surface area contributed by atoms with Crippen molar-refractivity contribution in [2.45, 2.75) is 13.0 Å². The number of rotatable bonds is 3. The van der Waals surface area contributed by atoms with Crippen LogP contribution in [0.4, 0.5) is 10.5 Å². The van der Waals surface area contributed by atoms with Gasteiger partial charge in [0.2, 0.25) is 5.91 Å². The molecule has 2 aromatic carbocycles. The van der Waals surface area contributed by atoms with E-state index in [0.717, 1.165) is 10.9 Å². The van der Waals surface area contributed by atoms with E-state index in [2.05, 4.69) is 25.8 Å². The molecule has 1 aromatic heterocycles. The topological polar surface area (TPSA) is 99.2 Å². The molecule has 2 unspecified atom stereocenters. The lowest BCUT2D eigenvalue weighted by molar-refractivity contribution is -0.118. The fraction of sp³-hybridized carbons (Fsp3) is 0.158. The second kappa shape index (κ2) is 6.85. The number of urea groups is 1. The van der Waals surface area contributed by atoms with Crippen molar-refractivity contribution in [1.82, 2.24) is 15.5 Å². The molecule has 1 aliphatic rings. The Morgan fingerprint density at radius 3 is 2.85 bits per heavy atom. The summed E-state index contributed by atoms with van der Waals surface area (Å²) in [5, 5.41) is 13.9. The van der Waals surface area contributed by atoms with Crippen molar-refractivity contribution in [3.8, 4) is 0 Å². The van der Waals surface area contributed by atoms with E-state index in [0.29, 0.717) is 22.0 Å². The third-order valence-corrected chi connectivity index (χ3v) is 4.91. The van der Waals surface area contributed by atoms with Gasteiger partial charge in [-0.05, 0) is 36.8 Å². The van der Waals surface area contributed by atoms with Crippen LogP contribution in [0, 0.1) is 5.92 Å². The summed E-state index contributed by atoms with van der Waals surface area (Å²) in [6.07, 6.45) is 1.69. The monoisotopic (exact) mass is 381 g/mol. The van der Waals surface area contributed by atoms with Gasteiger partial charge in [-0.15, -0.1) is 0 Å². The Morgan fingerprint density at radius 2 is 2.04 bits per heavy atom. The molecule has 2 atom stereocenters. The predicted octanol–water partition coefficient (Wildman–Crippen LogP) is 3.70. The van der Waals surface area contributed by atoms with E-state index in [9.17, 15) is 9.59 Å². The molecule has 0 saturated carbocycles. The van der Waals surface area contributed by atoms with Gasteiger partial charge in [0.05, 0.1) is 17.8 Å². The van der Waals surface area contributed by atoms with Gasteiger partial charge in [0.1, 0.15) is 5.92 Å². The summed E-state index contributed by atoms with van der Waals surface area (Å²) < 4.78 is 0. The summed E-state index contributed by atoms with van der Waals surface area (Å²) in [6.45, 7) is 1.67. The summed E-state index contributed by atoms with van der Waals surface area (Å²) in [5.74, 6) is -0.952. The van der Waals surface area contributed by atoms with Crippen LogP contribution in [0.15, 0.2) is 53.7 Å². The van der Waals surface area contributed by atoms with Gasteiger partial charge >= 0.3 is 6.03 Å². The van der Waals surface area contributed by atoms with E-state index >= 15 is 0 Å². The molecule has 1 aliphatic heterocycles. The Bertz CT molecular complexity index is 1070. The Balaban J connectivity index is 1.67. The molecule has 0 saturated heterocycles. The molecule has 8 heteroatoms. The van der Waals surface area contributed by atoms with Crippen molar-refractivity contribution in [2.75, 3.05) is 5.32 Å². The van der Waals surface area contributed by atoms with Crippen LogP contribution in [0.2, 0.25) is 5.02 Å². The SMILES string of the molecule is CC1=NC(=O)NC(c2ccccc2Cl)C1C(=O)Nc1ccc2[nH]ncc2c1. The van der Waals surface area contributed by atoms with Crippen LogP contribution in [0.25, 0.3) is 10.9 Å². The smallest absolute Gasteiger partial charge is 0.328 e. The summed E-state index contributed by atoms with van der Waals surface area (Å²) in [6, 6.07) is 11.5. The highest BCUT2D eigenvalue weighted by atomic mass is 35.5. The molecule has 0 spiro atoms. The van der Waals surface area contributed by atoms with Crippen molar-refractivity contribution in [2.24, 2.45) is 10.9 Å². The van der Waals surface area contributed by atoms with Gasteiger partial charge in [0.25, 0.3) is 0 Å². The van der Waals surface area contributed by atoms with Gasteiger partial charge in [-0.2, -0.15) is 5.10 Å². The number of aromatic amines is 1. The third kappa shape index (κ3) is 3.29. The molecule has 136 valence electrons. The fourth-order valence-electron chi connectivity index (χ4n) is 3.29. The van der Waals surface area contributed by atoms with E-state index in [-0.39, 0.29) is 5.91 Å². The van der Waals surface area contributed by atoms with Crippen LogP contribution in [0.5, 0.6) is 0 Å². The van der Waals surface area contributed by atoms with Gasteiger partial charge in [-0.25, -0.2) is 9.79 Å². The van der Waals surface area contributed by atoms with Gasteiger partial charge < -0.3 is 10.6 Å². The van der Waals surface area contributed by atoms with Crippen molar-refractivity contribution >= 4 is 45.8 Å². The molecule has 7 nitrogen and oxygen atoms in total. The standard InChI is InChI=1S/C19H16ClN5O2/c1-10-16(17(24-19(27)22-10)13-4-2-3-5-14(13)20)18(26)23-12-6-7-15-11(8-12)9-21-25-15/h2-9,16-17H,1H3,(H,21,25)(H,23,26)(H,24,27). The zero-order chi connectivity index (χ0) is 19.0. The van der Waals surface area contributed by atoms with Crippen LogP contribution < -0.4 is 10.6 Å². The molecule has 4 rings (SSSR count). The molecule has 3 aromatic rings. The van der Waals surface area contributed by atoms with E-state index in [1.54, 1.807) is 37.4 Å². The molecule has 0 radical (unpaired) electrons. The minimum absolute atomic E-state index is 0.274. The zero-order valence-corrected chi connectivity index (χ0v) is 15.1. The fourth-order valence-corrected chi connectivity index (χ4v) is 3.54. The number of aromatic nitrogens is 2. The largest absolute Gasteiger partial charge is 0.341 e. The lowest BCUT2D eigenvalue weighted by Crippen LogP contribution is -2.45. The third-order valence-electron chi connectivity index (χ3n) is 4.57. The summed E-state index contributed by atoms with van der Waals surface area (Å²) in [4.78, 5) is 28.9. The highest BCUT2D eigenvalue weighted by Gasteiger charge is 2.37. The molecular formula is C19H16ClN5O2. The van der Waals surface area contributed by atoms with E-state index in [1.807, 2.05) is 18.2 Å². The molecule has 0 aliphatic carbocycles. The lowest BCUT2D eigenvalue weighted by atomic mass is 9.87.